The summed E-state index contributed by atoms with van der Waals surface area (Å²) >= 11 is 0. The van der Waals surface area contributed by atoms with Crippen LogP contribution in [0.15, 0.2) is 48.5 Å². The fourth-order valence-electron chi connectivity index (χ4n) is 5.11. The van der Waals surface area contributed by atoms with Crippen molar-refractivity contribution >= 4 is 21.8 Å². The van der Waals surface area contributed by atoms with Gasteiger partial charge in [-0.25, -0.2) is 8.42 Å². The second kappa shape index (κ2) is 14.6. The van der Waals surface area contributed by atoms with E-state index in [1.54, 1.807) is 19.2 Å². The maximum atomic E-state index is 13.9. The van der Waals surface area contributed by atoms with E-state index in [1.165, 1.54) is 4.31 Å². The number of hydrogen-bond acceptors (Lipinski definition) is 5. The Balaban J connectivity index is 1.81. The van der Waals surface area contributed by atoms with Crippen LogP contribution in [0.5, 0.6) is 5.75 Å². The highest BCUT2D eigenvalue weighted by molar-refractivity contribution is 7.89. The van der Waals surface area contributed by atoms with Crippen molar-refractivity contribution in [2.24, 2.45) is 5.92 Å². The number of likely N-dealkylation sites (tertiary alicyclic amines) is 1. The lowest BCUT2D eigenvalue weighted by atomic mass is 10.00. The maximum Gasteiger partial charge on any atom is 0.257 e. The van der Waals surface area contributed by atoms with Crippen molar-refractivity contribution in [3.05, 3.63) is 65.2 Å². The van der Waals surface area contributed by atoms with Gasteiger partial charge in [0.05, 0.1) is 25.0 Å². The van der Waals surface area contributed by atoms with Gasteiger partial charge in [0.25, 0.3) is 5.91 Å². The highest BCUT2D eigenvalue weighted by atomic mass is 32.2. The Morgan fingerprint density at radius 3 is 2.33 bits per heavy atom. The van der Waals surface area contributed by atoms with Gasteiger partial charge in [-0.05, 0) is 61.8 Å². The van der Waals surface area contributed by atoms with E-state index in [4.69, 9.17) is 4.74 Å². The molecular weight excluding hydrogens is 526 g/mol. The zero-order valence-corrected chi connectivity index (χ0v) is 25.5. The first-order chi connectivity index (χ1) is 19.1. The molecule has 0 aromatic heterocycles. The lowest BCUT2D eigenvalue weighted by Gasteiger charge is -2.39. The van der Waals surface area contributed by atoms with Crippen molar-refractivity contribution in [3.63, 3.8) is 0 Å². The third-order valence-electron chi connectivity index (χ3n) is 7.58. The molecule has 0 saturated carbocycles. The summed E-state index contributed by atoms with van der Waals surface area (Å²) in [4.78, 5) is 30.8. The number of rotatable bonds is 13. The number of piperidine rings is 1. The summed E-state index contributed by atoms with van der Waals surface area (Å²) in [5.74, 6) is 0.613. The molecule has 0 atom stereocenters. The summed E-state index contributed by atoms with van der Waals surface area (Å²) in [6, 6.07) is 15.1. The summed E-state index contributed by atoms with van der Waals surface area (Å²) in [6.45, 7) is 9.54. The summed E-state index contributed by atoms with van der Waals surface area (Å²) in [7, 11) is -1.99. The zero-order valence-electron chi connectivity index (χ0n) is 24.6. The number of ether oxygens (including phenoxy) is 1. The van der Waals surface area contributed by atoms with E-state index in [1.807, 2.05) is 60.0 Å². The van der Waals surface area contributed by atoms with Gasteiger partial charge >= 0.3 is 0 Å². The van der Waals surface area contributed by atoms with Crippen molar-refractivity contribution in [3.8, 4) is 5.75 Å². The maximum absolute atomic E-state index is 13.9. The van der Waals surface area contributed by atoms with Gasteiger partial charge in [-0.1, -0.05) is 57.2 Å². The minimum Gasteiger partial charge on any atom is -0.496 e. The first kappa shape index (κ1) is 31.6. The fourth-order valence-corrected chi connectivity index (χ4v) is 6.58. The minimum atomic E-state index is -3.54. The second-order valence-corrected chi connectivity index (χ2v) is 13.1. The van der Waals surface area contributed by atoms with E-state index in [9.17, 15) is 18.0 Å². The second-order valence-electron chi connectivity index (χ2n) is 11.0. The molecule has 1 saturated heterocycles. The van der Waals surface area contributed by atoms with Crippen molar-refractivity contribution in [2.45, 2.75) is 66.0 Å². The van der Waals surface area contributed by atoms with Crippen molar-refractivity contribution in [1.82, 2.24) is 14.1 Å². The molecule has 1 fully saturated rings. The van der Waals surface area contributed by atoms with E-state index in [-0.39, 0.29) is 30.2 Å². The molecule has 0 N–H and O–H groups in total. The largest absolute Gasteiger partial charge is 0.496 e. The van der Waals surface area contributed by atoms with Crippen LogP contribution < -0.4 is 4.74 Å². The van der Waals surface area contributed by atoms with Gasteiger partial charge in [-0.2, -0.15) is 4.31 Å². The molecule has 2 amide bonds. The molecule has 220 valence electrons. The third-order valence-corrected chi connectivity index (χ3v) is 9.60. The molecule has 0 bridgehead atoms. The lowest BCUT2D eigenvalue weighted by Crippen LogP contribution is -2.51. The molecule has 40 heavy (non-hydrogen) atoms. The number of carbonyl (C=O) groups is 2. The monoisotopic (exact) mass is 571 g/mol. The van der Waals surface area contributed by atoms with E-state index >= 15 is 0 Å². The van der Waals surface area contributed by atoms with Gasteiger partial charge in [0, 0.05) is 32.2 Å². The van der Waals surface area contributed by atoms with Crippen LogP contribution in [0.3, 0.4) is 0 Å². The van der Waals surface area contributed by atoms with Crippen molar-refractivity contribution in [2.75, 3.05) is 39.0 Å². The van der Waals surface area contributed by atoms with Crippen molar-refractivity contribution < 1.29 is 22.7 Å². The third kappa shape index (κ3) is 8.30. The average Bonchev–Trinajstić information content (AvgIpc) is 2.94. The number of para-hydroxylation sites is 1. The Morgan fingerprint density at radius 2 is 1.70 bits per heavy atom. The molecule has 0 spiro atoms. The number of methoxy groups -OCH3 is 1. The molecule has 2 aromatic carbocycles. The number of aryl methyl sites for hydroxylation is 1. The van der Waals surface area contributed by atoms with Gasteiger partial charge in [-0.15, -0.1) is 0 Å². The first-order valence-electron chi connectivity index (χ1n) is 14.3. The Kier molecular flexibility index (Phi) is 11.6. The van der Waals surface area contributed by atoms with Gasteiger partial charge in [0.15, 0.2) is 0 Å². The van der Waals surface area contributed by atoms with Gasteiger partial charge in [0.1, 0.15) is 5.75 Å². The Labute approximate surface area is 240 Å². The molecule has 8 nitrogen and oxygen atoms in total. The van der Waals surface area contributed by atoms with Crippen LogP contribution in [0, 0.1) is 12.8 Å². The summed E-state index contributed by atoms with van der Waals surface area (Å²) in [5, 5.41) is 0. The number of benzene rings is 2. The Bertz CT molecular complexity index is 1240. The van der Waals surface area contributed by atoms with Crippen LogP contribution >= 0.6 is 0 Å². The first-order valence-corrected chi connectivity index (χ1v) is 15.9. The normalized spacial score (nSPS) is 14.5. The van der Waals surface area contributed by atoms with Crippen LogP contribution in [-0.2, 0) is 21.4 Å². The number of carbonyl (C=O) groups excluding carboxylic acids is 2. The van der Waals surface area contributed by atoms with Crippen LogP contribution in [-0.4, -0.2) is 79.4 Å². The molecule has 0 aliphatic carbocycles. The van der Waals surface area contributed by atoms with Gasteiger partial charge in [0.2, 0.25) is 15.9 Å². The quantitative estimate of drug-likeness (QED) is 0.347. The van der Waals surface area contributed by atoms with Crippen LogP contribution in [0.25, 0.3) is 0 Å². The van der Waals surface area contributed by atoms with Crippen LogP contribution in [0.4, 0.5) is 0 Å². The predicted octanol–water partition coefficient (Wildman–Crippen LogP) is 4.72. The molecule has 2 aromatic rings. The Morgan fingerprint density at radius 1 is 1.05 bits per heavy atom. The smallest absolute Gasteiger partial charge is 0.257 e. The molecule has 1 aliphatic heterocycles. The Hall–Kier alpha value is -2.91. The predicted molar refractivity (Wildman–Crippen MR) is 159 cm³/mol. The highest BCUT2D eigenvalue weighted by Crippen LogP contribution is 2.25. The number of sulfonamides is 1. The fraction of sp³-hybridized carbons (Fsp3) is 0.548. The number of amides is 2. The molecule has 1 aliphatic rings. The number of nitrogens with zero attached hydrogens (tertiary/aromatic N) is 3. The van der Waals surface area contributed by atoms with E-state index in [0.717, 1.165) is 11.1 Å². The molecule has 0 radical (unpaired) electrons. The SMILES string of the molecule is CCCS(=O)(=O)N(CCC(C)C)CC(=O)N(Cc1ccccc1C)C1CCN(C(=O)c2ccccc2OC)CC1. The van der Waals surface area contributed by atoms with E-state index < -0.39 is 10.0 Å². The molecular formula is C31H45N3O5S. The molecule has 0 unspecified atom stereocenters. The summed E-state index contributed by atoms with van der Waals surface area (Å²) < 4.78 is 33.0. The molecule has 9 heteroatoms. The topological polar surface area (TPSA) is 87.2 Å². The zero-order chi connectivity index (χ0) is 29.3. The van der Waals surface area contributed by atoms with E-state index in [2.05, 4.69) is 13.8 Å². The van der Waals surface area contributed by atoms with Gasteiger partial charge in [-0.3, -0.25) is 9.59 Å². The van der Waals surface area contributed by atoms with Crippen LogP contribution in [0.1, 0.15) is 67.9 Å². The standard InChI is InChI=1S/C31H45N3O5S/c1-6-21-40(37,38)33(20-15-24(2)3)23-30(35)34(22-26-12-8-7-11-25(26)4)27-16-18-32(19-17-27)31(36)28-13-9-10-14-29(28)39-5/h7-14,24,27H,6,15-23H2,1-5H3. The van der Waals surface area contributed by atoms with Crippen LogP contribution in [0.2, 0.25) is 0 Å². The minimum absolute atomic E-state index is 0.0274. The summed E-state index contributed by atoms with van der Waals surface area (Å²) in [6.07, 6.45) is 2.43. The molecule has 1 heterocycles. The lowest BCUT2D eigenvalue weighted by molar-refractivity contribution is -0.135. The van der Waals surface area contributed by atoms with E-state index in [0.29, 0.717) is 69.1 Å². The highest BCUT2D eigenvalue weighted by Gasteiger charge is 2.33. The number of hydrogen-bond donors (Lipinski definition) is 0. The van der Waals surface area contributed by atoms with Crippen molar-refractivity contribution in [1.29, 1.82) is 0 Å². The molecule has 3 rings (SSSR count). The summed E-state index contributed by atoms with van der Waals surface area (Å²) in [5.41, 5.74) is 2.64. The van der Waals surface area contributed by atoms with Gasteiger partial charge < -0.3 is 14.5 Å². The average molecular weight is 572 g/mol.